The van der Waals surface area contributed by atoms with Gasteiger partial charge in [0, 0.05) is 68.6 Å². The van der Waals surface area contributed by atoms with Crippen molar-refractivity contribution in [3.05, 3.63) is 92.5 Å². The summed E-state index contributed by atoms with van der Waals surface area (Å²) in [4.78, 5) is 67.9. The van der Waals surface area contributed by atoms with Gasteiger partial charge in [-0.2, -0.15) is 0 Å². The highest BCUT2D eigenvalue weighted by atomic mass is 16.6. The fourth-order valence-corrected chi connectivity index (χ4v) is 8.70. The number of morpholine rings is 1. The molecule has 3 heterocycles. The van der Waals surface area contributed by atoms with Gasteiger partial charge in [-0.05, 0) is 70.1 Å². The number of nitrogens with two attached hydrogens (primary N) is 1. The van der Waals surface area contributed by atoms with E-state index in [1.54, 1.807) is 44.2 Å². The summed E-state index contributed by atoms with van der Waals surface area (Å²) in [5.41, 5.74) is 7.87. The maximum atomic E-state index is 14.1. The summed E-state index contributed by atoms with van der Waals surface area (Å²) in [5, 5.41) is 17.9. The Morgan fingerprint density at radius 2 is 1.67 bits per heavy atom. The van der Waals surface area contributed by atoms with Crippen LogP contribution in [0.1, 0.15) is 91.0 Å². The van der Waals surface area contributed by atoms with Crippen LogP contribution in [-0.4, -0.2) is 107 Å². The Labute approximate surface area is 393 Å². The van der Waals surface area contributed by atoms with E-state index in [9.17, 15) is 29.1 Å². The molecule has 1 saturated heterocycles. The van der Waals surface area contributed by atoms with Gasteiger partial charge < -0.3 is 54.5 Å². The quantitative estimate of drug-likeness (QED) is 0.0813. The number of amides is 2. The second kappa shape index (κ2) is 25.5. The third kappa shape index (κ3) is 14.5. The fourth-order valence-electron chi connectivity index (χ4n) is 8.70. The highest BCUT2D eigenvalue weighted by Crippen LogP contribution is 2.31. The molecule has 2 aromatic rings. The molecule has 5 N–H and O–H groups in total. The molecule has 2 aliphatic heterocycles. The molecule has 5 rings (SSSR count). The van der Waals surface area contributed by atoms with Crippen LogP contribution in [0.2, 0.25) is 0 Å². The fraction of sp³-hybridized carbons (Fsp3) is 0.549. The second-order valence-electron chi connectivity index (χ2n) is 17.8. The van der Waals surface area contributed by atoms with Crippen LogP contribution in [0.15, 0.2) is 85.9 Å². The van der Waals surface area contributed by atoms with E-state index < -0.39 is 53.9 Å². The van der Waals surface area contributed by atoms with Gasteiger partial charge in [-0.3, -0.25) is 19.2 Å². The van der Waals surface area contributed by atoms with Crippen LogP contribution < -0.4 is 31.4 Å². The molecule has 1 fully saturated rings. The van der Waals surface area contributed by atoms with Crippen LogP contribution in [0.25, 0.3) is 11.0 Å². The van der Waals surface area contributed by atoms with E-state index in [0.29, 0.717) is 74.1 Å². The number of benzene rings is 1. The minimum absolute atomic E-state index is 0.0769. The normalized spacial score (nSPS) is 25.7. The first-order chi connectivity index (χ1) is 32.1. The van der Waals surface area contributed by atoms with E-state index in [1.165, 1.54) is 20.3 Å². The Morgan fingerprint density at radius 3 is 2.36 bits per heavy atom. The van der Waals surface area contributed by atoms with Crippen LogP contribution in [0, 0.1) is 18.8 Å². The summed E-state index contributed by atoms with van der Waals surface area (Å²) in [6, 6.07) is 5.16. The Hall–Kier alpha value is -5.55. The number of rotatable bonds is 16. The van der Waals surface area contributed by atoms with Gasteiger partial charge in [0.2, 0.25) is 11.6 Å². The first kappa shape index (κ1) is 52.4. The number of carbonyl (C=O) groups is 4. The summed E-state index contributed by atoms with van der Waals surface area (Å²) in [6.45, 7) is 12.5. The number of fused-ring (bicyclic) bond motifs is 3. The smallest absolute Gasteiger partial charge is 0.405 e. The number of allylic oxidation sites excluding steroid dienone is 4. The molecule has 366 valence electrons. The molecular formula is C51H70N4O12. The van der Waals surface area contributed by atoms with Crippen molar-refractivity contribution in [1.82, 2.24) is 10.6 Å². The lowest BCUT2D eigenvalue weighted by molar-refractivity contribution is -0.120. The third-order valence-corrected chi connectivity index (χ3v) is 12.6. The third-order valence-electron chi connectivity index (χ3n) is 12.6. The van der Waals surface area contributed by atoms with Gasteiger partial charge in [0.1, 0.15) is 17.4 Å². The molecule has 6 atom stereocenters. The average Bonchev–Trinajstić information content (AvgIpc) is 3.30. The first-order valence-electron chi connectivity index (χ1n) is 23.5. The molecule has 0 spiro atoms. The van der Waals surface area contributed by atoms with Crippen LogP contribution in [0.3, 0.4) is 0 Å². The molecule has 0 saturated carbocycles. The SMILES string of the molecule is COC1/C=C\C=C(/C)C(=O)NC2=CC(=O)C(NCCCCCCCCCOc3ccc4c(=O)cc(N5CCOCC5)oc4c3C)=C(C[C@@H](C)C[C@H](OC)[C@H](O)[C@@H](C)/C=C(\C)[C@@H]1OC(N)=O)C2=O. The molecule has 67 heavy (non-hydrogen) atoms. The standard InChI is InChI=1S/C51H70N4O12/c1-31-26-37-45(53-20-13-11-9-8-10-12-14-23-65-41-19-18-36-39(56)30-44(66-49(36)35(41)5)55-21-24-64-25-22-55)40(57)29-38(47(37)59)54-50(60)32(2)16-15-17-42(62-6)48(67-51(52)61)34(4)28-33(3)46(58)43(27-31)63-7/h15-19,28-31,33,42-43,46,48,53,58H,8-14,20-27H2,1-7H3,(H2,52,61)(H,54,60)/b17-15-,32-16+,34-28+/t31-,33+,42?,43+,46-,48+/m1/s1. The molecule has 1 aromatic heterocycles. The Bertz CT molecular complexity index is 2290. The van der Waals surface area contributed by atoms with Crippen molar-refractivity contribution in [2.45, 2.75) is 117 Å². The minimum Gasteiger partial charge on any atom is -0.493 e. The van der Waals surface area contributed by atoms with Crippen LogP contribution in [0.4, 0.5) is 10.7 Å². The largest absolute Gasteiger partial charge is 0.493 e. The van der Waals surface area contributed by atoms with Crippen molar-refractivity contribution in [3.63, 3.8) is 0 Å². The van der Waals surface area contributed by atoms with Crippen LogP contribution in [-0.2, 0) is 33.3 Å². The van der Waals surface area contributed by atoms with Gasteiger partial charge >= 0.3 is 6.09 Å². The lowest BCUT2D eigenvalue weighted by Crippen LogP contribution is -2.38. The summed E-state index contributed by atoms with van der Waals surface area (Å²) < 4.78 is 34.6. The van der Waals surface area contributed by atoms with Gasteiger partial charge in [-0.1, -0.05) is 70.3 Å². The van der Waals surface area contributed by atoms with Gasteiger partial charge in [0.25, 0.3) is 5.91 Å². The zero-order valence-corrected chi connectivity index (χ0v) is 40.2. The number of ether oxygens (including phenoxy) is 5. The first-order valence-corrected chi connectivity index (χ1v) is 23.5. The zero-order chi connectivity index (χ0) is 48.6. The number of ketones is 2. The van der Waals surface area contributed by atoms with E-state index in [-0.39, 0.29) is 40.3 Å². The Balaban J connectivity index is 1.16. The second-order valence-corrected chi connectivity index (χ2v) is 17.8. The number of hydrogen-bond acceptors (Lipinski definition) is 14. The molecule has 2 bridgehead atoms. The summed E-state index contributed by atoms with van der Waals surface area (Å²) in [6.07, 6.45) is 10.5. The van der Waals surface area contributed by atoms with E-state index in [2.05, 4.69) is 10.6 Å². The van der Waals surface area contributed by atoms with Crippen LogP contribution in [0.5, 0.6) is 5.75 Å². The number of methoxy groups -OCH3 is 2. The summed E-state index contributed by atoms with van der Waals surface area (Å²) in [7, 11) is 2.94. The number of anilines is 1. The maximum absolute atomic E-state index is 14.1. The number of aliphatic hydroxyl groups excluding tert-OH is 1. The van der Waals surface area contributed by atoms with Crippen LogP contribution >= 0.6 is 0 Å². The molecule has 16 heteroatoms. The average molecular weight is 931 g/mol. The van der Waals surface area contributed by atoms with Crippen molar-refractivity contribution in [2.24, 2.45) is 17.6 Å². The predicted octanol–water partition coefficient (Wildman–Crippen LogP) is 6.41. The Kier molecular flexibility index (Phi) is 20.0. The number of Topliss-reactive ketones (excluding diaryl/α,β-unsaturated/α-hetero) is 1. The highest BCUT2D eigenvalue weighted by Gasteiger charge is 2.33. The predicted molar refractivity (Wildman–Crippen MR) is 256 cm³/mol. The monoisotopic (exact) mass is 930 g/mol. The molecule has 3 aliphatic rings. The molecule has 0 radical (unpaired) electrons. The molecule has 1 aromatic carbocycles. The van der Waals surface area contributed by atoms with Gasteiger partial charge in [0.05, 0.1) is 48.8 Å². The molecule has 2 amide bonds. The van der Waals surface area contributed by atoms with E-state index in [4.69, 9.17) is 33.8 Å². The van der Waals surface area contributed by atoms with Crippen molar-refractivity contribution in [1.29, 1.82) is 0 Å². The molecule has 16 nitrogen and oxygen atoms in total. The van der Waals surface area contributed by atoms with E-state index in [0.717, 1.165) is 56.6 Å². The number of nitrogens with zero attached hydrogens (tertiary/aromatic N) is 1. The maximum Gasteiger partial charge on any atom is 0.405 e. The van der Waals surface area contributed by atoms with E-state index >= 15 is 0 Å². The van der Waals surface area contributed by atoms with Gasteiger partial charge in [-0.25, -0.2) is 4.79 Å². The molecule has 1 aliphatic carbocycles. The van der Waals surface area contributed by atoms with Crippen molar-refractivity contribution in [3.8, 4) is 5.75 Å². The summed E-state index contributed by atoms with van der Waals surface area (Å²) >= 11 is 0. The number of unbranched alkanes of at least 4 members (excludes halogenated alkanes) is 6. The number of aryl methyl sites for hydroxylation is 1. The lowest BCUT2D eigenvalue weighted by Gasteiger charge is -2.30. The van der Waals surface area contributed by atoms with Gasteiger partial charge in [0.15, 0.2) is 17.4 Å². The minimum atomic E-state index is -1.01. The summed E-state index contributed by atoms with van der Waals surface area (Å²) in [5.74, 6) is -0.879. The topological polar surface area (TPSA) is 218 Å². The number of nitrogens with one attached hydrogen (secondary N) is 2. The zero-order valence-electron chi connectivity index (χ0n) is 40.2. The lowest BCUT2D eigenvalue weighted by atomic mass is 9.85. The van der Waals surface area contributed by atoms with Crippen molar-refractivity contribution >= 4 is 40.4 Å². The molecular weight excluding hydrogens is 861 g/mol. The van der Waals surface area contributed by atoms with Gasteiger partial charge in [-0.15, -0.1) is 0 Å². The van der Waals surface area contributed by atoms with Crippen molar-refractivity contribution < 1.29 is 52.4 Å². The number of carbonyl (C=O) groups excluding carboxylic acids is 4. The highest BCUT2D eigenvalue weighted by molar-refractivity contribution is 6.23. The van der Waals surface area contributed by atoms with E-state index in [1.807, 2.05) is 31.7 Å². The van der Waals surface area contributed by atoms with Crippen molar-refractivity contribution in [2.75, 3.05) is 58.6 Å². The Morgan fingerprint density at radius 1 is 0.970 bits per heavy atom. The molecule has 1 unspecified atom stereocenters. The number of hydrogen-bond donors (Lipinski definition) is 4. The number of primary amides is 1. The number of aliphatic hydroxyl groups is 1.